The van der Waals surface area contributed by atoms with E-state index < -0.39 is 23.8 Å². The van der Waals surface area contributed by atoms with Crippen LogP contribution in [0.25, 0.3) is 0 Å². The van der Waals surface area contributed by atoms with Crippen LogP contribution in [0.2, 0.25) is 0 Å². The highest BCUT2D eigenvalue weighted by atomic mass is 35.5. The van der Waals surface area contributed by atoms with Crippen LogP contribution in [-0.4, -0.2) is 53.2 Å². The Balaban J connectivity index is 1.81. The summed E-state index contributed by atoms with van der Waals surface area (Å²) in [5.41, 5.74) is -0.584. The van der Waals surface area contributed by atoms with Crippen molar-refractivity contribution in [3.8, 4) is 0 Å². The van der Waals surface area contributed by atoms with Gasteiger partial charge in [0.25, 0.3) is 5.92 Å². The highest BCUT2D eigenvalue weighted by Gasteiger charge is 2.65. The zero-order chi connectivity index (χ0) is 22.1. The monoisotopic (exact) mass is 456 g/mol. The molecular formula is C22H24Cl2F2N2O2. The van der Waals surface area contributed by atoms with Crippen molar-refractivity contribution in [1.82, 2.24) is 9.80 Å². The normalized spacial score (nSPS) is 22.8. The molecule has 0 radical (unpaired) electrons. The molecule has 1 spiro atoms. The van der Waals surface area contributed by atoms with Crippen LogP contribution in [0.15, 0.2) is 53.6 Å². The topological polar surface area (TPSA) is 40.6 Å². The Morgan fingerprint density at radius 1 is 1.23 bits per heavy atom. The van der Waals surface area contributed by atoms with Gasteiger partial charge in [-0.25, -0.2) is 8.78 Å². The van der Waals surface area contributed by atoms with Crippen LogP contribution in [0.5, 0.6) is 0 Å². The molecule has 30 heavy (non-hydrogen) atoms. The van der Waals surface area contributed by atoms with E-state index in [0.29, 0.717) is 0 Å². The summed E-state index contributed by atoms with van der Waals surface area (Å²) in [6.07, 6.45) is 2.98. The molecule has 2 atom stereocenters. The molecule has 4 nitrogen and oxygen atoms in total. The summed E-state index contributed by atoms with van der Waals surface area (Å²) in [5, 5.41) is 0. The molecule has 0 saturated carbocycles. The number of carbonyl (C=O) groups excluding carboxylic acids is 2. The van der Waals surface area contributed by atoms with Crippen molar-refractivity contribution in [2.75, 3.05) is 19.6 Å². The van der Waals surface area contributed by atoms with Crippen LogP contribution in [0.1, 0.15) is 31.2 Å². The molecule has 0 unspecified atom stereocenters. The van der Waals surface area contributed by atoms with Gasteiger partial charge in [-0.2, -0.15) is 0 Å². The molecule has 2 heterocycles. The van der Waals surface area contributed by atoms with Crippen molar-refractivity contribution in [3.63, 3.8) is 0 Å². The van der Waals surface area contributed by atoms with Gasteiger partial charge in [0, 0.05) is 19.1 Å². The molecule has 3 rings (SSSR count). The van der Waals surface area contributed by atoms with Gasteiger partial charge < -0.3 is 9.80 Å². The Hall–Kier alpha value is -1.92. The summed E-state index contributed by atoms with van der Waals surface area (Å²) < 4.78 is 30.4. The van der Waals surface area contributed by atoms with Gasteiger partial charge in [-0.15, -0.1) is 0 Å². The van der Waals surface area contributed by atoms with E-state index in [-0.39, 0.29) is 48.3 Å². The third-order valence-corrected chi connectivity index (χ3v) is 6.44. The number of hydrogen-bond acceptors (Lipinski definition) is 2. The molecule has 8 heteroatoms. The van der Waals surface area contributed by atoms with E-state index in [1.165, 1.54) is 15.9 Å². The zero-order valence-corrected chi connectivity index (χ0v) is 18.2. The van der Waals surface area contributed by atoms with Crippen molar-refractivity contribution in [1.29, 1.82) is 0 Å². The Bertz CT molecular complexity index is 850. The predicted octanol–water partition coefficient (Wildman–Crippen LogP) is 4.75. The number of halogens is 4. The maximum Gasteiger partial charge on any atom is 0.274 e. The number of allylic oxidation sites excluding steroid dienone is 1. The van der Waals surface area contributed by atoms with Gasteiger partial charge in [-0.05, 0) is 31.4 Å². The quantitative estimate of drug-likeness (QED) is 0.599. The van der Waals surface area contributed by atoms with Crippen LogP contribution >= 0.6 is 23.2 Å². The summed E-state index contributed by atoms with van der Waals surface area (Å²) in [6, 6.07) is 8.60. The van der Waals surface area contributed by atoms with Gasteiger partial charge in [-0.3, -0.25) is 9.59 Å². The number of hydrogen-bond donors (Lipinski definition) is 0. The lowest BCUT2D eigenvalue weighted by Crippen LogP contribution is -2.72. The molecular weight excluding hydrogens is 433 g/mol. The van der Waals surface area contributed by atoms with Crippen LogP contribution < -0.4 is 0 Å². The smallest absolute Gasteiger partial charge is 0.274 e. The summed E-state index contributed by atoms with van der Waals surface area (Å²) >= 11 is 11.5. The van der Waals surface area contributed by atoms with Crippen LogP contribution in [0.3, 0.4) is 0 Å². The summed E-state index contributed by atoms with van der Waals surface area (Å²) in [6.45, 7) is 4.46. The van der Waals surface area contributed by atoms with Crippen LogP contribution in [0, 0.1) is 5.41 Å². The summed E-state index contributed by atoms with van der Waals surface area (Å²) in [4.78, 5) is 27.7. The SMILES string of the molecule is C=CC(=O)N1CC2(C[C@@H](C)N(C(=O)[C@@H](CC=C(Cl)Cl)c3ccccc3)CC2(F)F)C1. The standard InChI is InChI=1S/C22H24Cl2F2N2O2/c1-3-19(29)27-12-21(13-27)11-15(2)28(14-22(21,25)26)20(30)17(9-10-18(23)24)16-7-5-4-6-8-16/h3-8,10,15,17H,1,9,11-14H2,2H3/t15-,17+/m1/s1. The molecule has 0 bridgehead atoms. The average molecular weight is 457 g/mol. The molecule has 1 aromatic rings. The second-order valence-electron chi connectivity index (χ2n) is 8.10. The average Bonchev–Trinajstić information content (AvgIpc) is 2.67. The second-order valence-corrected chi connectivity index (χ2v) is 9.10. The molecule has 0 aliphatic carbocycles. The number of rotatable bonds is 5. The molecule has 2 saturated heterocycles. The van der Waals surface area contributed by atoms with E-state index in [1.807, 2.05) is 6.07 Å². The van der Waals surface area contributed by atoms with Crippen LogP contribution in [0.4, 0.5) is 8.78 Å². The maximum absolute atomic E-state index is 15.2. The predicted molar refractivity (Wildman–Crippen MR) is 114 cm³/mol. The Morgan fingerprint density at radius 2 is 1.87 bits per heavy atom. The van der Waals surface area contributed by atoms with E-state index in [2.05, 4.69) is 6.58 Å². The van der Waals surface area contributed by atoms with Crippen molar-refractivity contribution >= 4 is 35.0 Å². The van der Waals surface area contributed by atoms with E-state index in [1.54, 1.807) is 31.2 Å². The molecule has 0 aromatic heterocycles. The van der Waals surface area contributed by atoms with E-state index >= 15 is 8.78 Å². The van der Waals surface area contributed by atoms with Crippen molar-refractivity contribution in [2.24, 2.45) is 5.41 Å². The summed E-state index contributed by atoms with van der Waals surface area (Å²) in [7, 11) is 0. The molecule has 1 aromatic carbocycles. The molecule has 2 aliphatic heterocycles. The summed E-state index contributed by atoms with van der Waals surface area (Å²) in [5.74, 6) is -4.50. The zero-order valence-electron chi connectivity index (χ0n) is 16.7. The van der Waals surface area contributed by atoms with Gasteiger partial charge in [0.1, 0.15) is 4.49 Å². The Labute approximate surface area is 185 Å². The minimum absolute atomic E-state index is 0.0239. The highest BCUT2D eigenvalue weighted by Crippen LogP contribution is 2.52. The molecule has 0 N–H and O–H groups in total. The number of likely N-dealkylation sites (tertiary alicyclic amines) is 2. The van der Waals surface area contributed by atoms with Crippen LogP contribution in [-0.2, 0) is 9.59 Å². The molecule has 2 fully saturated rings. The lowest BCUT2D eigenvalue weighted by atomic mass is 9.66. The van der Waals surface area contributed by atoms with Crippen molar-refractivity contribution in [3.05, 3.63) is 59.1 Å². The third-order valence-electron chi connectivity index (χ3n) is 6.13. The molecule has 2 amide bonds. The first kappa shape index (κ1) is 22.8. The number of carbonyl (C=O) groups is 2. The lowest BCUT2D eigenvalue weighted by Gasteiger charge is -2.59. The fraction of sp³-hybridized carbons (Fsp3) is 0.455. The first-order chi connectivity index (χ1) is 14.1. The first-order valence-electron chi connectivity index (χ1n) is 9.76. The number of piperidine rings is 1. The van der Waals surface area contributed by atoms with Gasteiger partial charge in [0.2, 0.25) is 11.8 Å². The second kappa shape index (κ2) is 8.67. The number of amides is 2. The van der Waals surface area contributed by atoms with E-state index in [9.17, 15) is 9.59 Å². The Morgan fingerprint density at radius 3 is 2.43 bits per heavy atom. The molecule has 2 aliphatic rings. The number of alkyl halides is 2. The molecule has 162 valence electrons. The van der Waals surface area contributed by atoms with Gasteiger partial charge in [0.15, 0.2) is 0 Å². The maximum atomic E-state index is 15.2. The van der Waals surface area contributed by atoms with Gasteiger partial charge >= 0.3 is 0 Å². The van der Waals surface area contributed by atoms with Crippen molar-refractivity contribution in [2.45, 2.75) is 37.6 Å². The fourth-order valence-electron chi connectivity index (χ4n) is 4.46. The van der Waals surface area contributed by atoms with Gasteiger partial charge in [-0.1, -0.05) is 66.2 Å². The first-order valence-corrected chi connectivity index (χ1v) is 10.5. The fourth-order valence-corrected chi connectivity index (χ4v) is 4.64. The minimum Gasteiger partial charge on any atom is -0.337 e. The third kappa shape index (κ3) is 4.26. The van der Waals surface area contributed by atoms with Gasteiger partial charge in [0.05, 0.1) is 17.9 Å². The number of benzene rings is 1. The number of nitrogens with zero attached hydrogens (tertiary/aromatic N) is 2. The minimum atomic E-state index is -3.10. The van der Waals surface area contributed by atoms with Crippen molar-refractivity contribution < 1.29 is 18.4 Å². The highest BCUT2D eigenvalue weighted by molar-refractivity contribution is 6.55. The van der Waals surface area contributed by atoms with E-state index in [4.69, 9.17) is 23.2 Å². The largest absolute Gasteiger partial charge is 0.337 e. The lowest BCUT2D eigenvalue weighted by molar-refractivity contribution is -0.231. The Kier molecular flexibility index (Phi) is 6.58. The van der Waals surface area contributed by atoms with E-state index in [0.717, 1.165) is 11.6 Å².